The Morgan fingerprint density at radius 1 is 1.21 bits per heavy atom. The lowest BCUT2D eigenvalue weighted by molar-refractivity contribution is 0.0780. The summed E-state index contributed by atoms with van der Waals surface area (Å²) in [5.41, 5.74) is 1.22. The van der Waals surface area contributed by atoms with Crippen molar-refractivity contribution >= 4 is 28.6 Å². The van der Waals surface area contributed by atoms with Gasteiger partial charge >= 0.3 is 0 Å². The summed E-state index contributed by atoms with van der Waals surface area (Å²) in [4.78, 5) is 20.8. The Labute approximate surface area is 149 Å². The number of carbonyl (C=O) groups excluding carboxylic acids is 1. The van der Waals surface area contributed by atoms with Crippen molar-refractivity contribution in [3.63, 3.8) is 0 Å². The lowest BCUT2D eigenvalue weighted by Gasteiger charge is -2.20. The molecule has 122 valence electrons. The maximum atomic E-state index is 12.8. The highest BCUT2D eigenvalue weighted by atomic mass is 32.1. The van der Waals surface area contributed by atoms with Crippen molar-refractivity contribution in [2.45, 2.75) is 6.42 Å². The largest absolute Gasteiger partial charge is 0.334 e. The second-order valence-electron chi connectivity index (χ2n) is 5.28. The first-order valence-corrected chi connectivity index (χ1v) is 9.41. The molecule has 0 atom stereocenters. The quantitative estimate of drug-likeness (QED) is 0.574. The molecule has 0 aliphatic heterocycles. The molecule has 0 saturated heterocycles. The molecular formula is C19H18N2OS2. The van der Waals surface area contributed by atoms with Crippen LogP contribution in [-0.4, -0.2) is 28.9 Å². The van der Waals surface area contributed by atoms with E-state index in [4.69, 9.17) is 0 Å². The summed E-state index contributed by atoms with van der Waals surface area (Å²) in [6.07, 6.45) is 4.28. The molecule has 3 rings (SSSR count). The van der Waals surface area contributed by atoms with Crippen LogP contribution in [0.15, 0.2) is 66.7 Å². The third kappa shape index (κ3) is 3.99. The van der Waals surface area contributed by atoms with Gasteiger partial charge in [-0.25, -0.2) is 4.98 Å². The molecule has 0 N–H and O–H groups in total. The highest BCUT2D eigenvalue weighted by Crippen LogP contribution is 2.29. The van der Waals surface area contributed by atoms with Crippen LogP contribution in [0.2, 0.25) is 0 Å². The lowest BCUT2D eigenvalue weighted by atomic mass is 10.1. The van der Waals surface area contributed by atoms with E-state index >= 15 is 0 Å². The second kappa shape index (κ2) is 8.04. The summed E-state index contributed by atoms with van der Waals surface area (Å²) >= 11 is 3.08. The predicted molar refractivity (Wildman–Crippen MR) is 102 cm³/mol. The maximum Gasteiger partial charge on any atom is 0.265 e. The minimum atomic E-state index is 0.0196. The third-order valence-electron chi connectivity index (χ3n) is 3.60. The number of thiazole rings is 1. The molecule has 0 fully saturated rings. The van der Waals surface area contributed by atoms with Gasteiger partial charge in [-0.1, -0.05) is 42.5 Å². The van der Waals surface area contributed by atoms with E-state index < -0.39 is 0 Å². The molecule has 0 aliphatic rings. The number of thiophene rings is 1. The fourth-order valence-corrected chi connectivity index (χ4v) is 4.07. The number of rotatable bonds is 7. The minimum Gasteiger partial charge on any atom is -0.334 e. The summed E-state index contributed by atoms with van der Waals surface area (Å²) in [6.45, 7) is 4.98. The molecule has 0 radical (unpaired) electrons. The van der Waals surface area contributed by atoms with E-state index in [-0.39, 0.29) is 5.91 Å². The molecule has 2 aromatic heterocycles. The highest BCUT2D eigenvalue weighted by Gasteiger charge is 2.18. The van der Waals surface area contributed by atoms with Gasteiger partial charge in [0.15, 0.2) is 0 Å². The molecule has 5 heteroatoms. The summed E-state index contributed by atoms with van der Waals surface area (Å²) < 4.78 is 0. The van der Waals surface area contributed by atoms with Crippen LogP contribution in [0, 0.1) is 0 Å². The van der Waals surface area contributed by atoms with Gasteiger partial charge in [-0.3, -0.25) is 4.79 Å². The van der Waals surface area contributed by atoms with E-state index in [0.29, 0.717) is 18.0 Å². The highest BCUT2D eigenvalue weighted by molar-refractivity contribution is 7.21. The van der Waals surface area contributed by atoms with Crippen molar-refractivity contribution in [2.75, 3.05) is 13.1 Å². The van der Waals surface area contributed by atoms with E-state index in [9.17, 15) is 4.79 Å². The smallest absolute Gasteiger partial charge is 0.265 e. The van der Waals surface area contributed by atoms with Gasteiger partial charge in [-0.05, 0) is 23.4 Å². The Bertz CT molecular complexity index is 794. The van der Waals surface area contributed by atoms with Crippen molar-refractivity contribution in [2.24, 2.45) is 0 Å². The number of hydrogen-bond acceptors (Lipinski definition) is 4. The minimum absolute atomic E-state index is 0.0196. The Morgan fingerprint density at radius 3 is 2.75 bits per heavy atom. The standard InChI is InChI=1S/C19H18N2OS2/c1-2-11-21(12-10-15-7-4-3-5-8-15)19(22)17-14-20-18(24-17)16-9-6-13-23-16/h2-9,13-14H,1,10-12H2. The van der Waals surface area contributed by atoms with Crippen LogP contribution >= 0.6 is 22.7 Å². The second-order valence-corrected chi connectivity index (χ2v) is 7.26. The number of hydrogen-bond donors (Lipinski definition) is 0. The Hall–Kier alpha value is -2.24. The normalized spacial score (nSPS) is 10.5. The van der Waals surface area contributed by atoms with Crippen molar-refractivity contribution < 1.29 is 4.79 Å². The van der Waals surface area contributed by atoms with Crippen LogP contribution < -0.4 is 0 Å². The number of amides is 1. The molecule has 3 aromatic rings. The van der Waals surface area contributed by atoms with Gasteiger partial charge in [0.1, 0.15) is 9.88 Å². The Kier molecular flexibility index (Phi) is 5.56. The average molecular weight is 354 g/mol. The topological polar surface area (TPSA) is 33.2 Å². The van der Waals surface area contributed by atoms with Crippen LogP contribution in [0.25, 0.3) is 9.88 Å². The van der Waals surface area contributed by atoms with Crippen LogP contribution in [0.3, 0.4) is 0 Å². The van der Waals surface area contributed by atoms with Crippen molar-refractivity contribution in [1.29, 1.82) is 0 Å². The molecule has 0 aliphatic carbocycles. The van der Waals surface area contributed by atoms with E-state index in [2.05, 4.69) is 23.7 Å². The fourth-order valence-electron chi connectivity index (χ4n) is 2.38. The average Bonchev–Trinajstić information content (AvgIpc) is 3.30. The first-order valence-electron chi connectivity index (χ1n) is 7.71. The van der Waals surface area contributed by atoms with E-state index in [1.165, 1.54) is 16.9 Å². The molecular weight excluding hydrogens is 336 g/mol. The molecule has 0 spiro atoms. The van der Waals surface area contributed by atoms with E-state index in [1.807, 2.05) is 40.6 Å². The zero-order valence-electron chi connectivity index (χ0n) is 13.2. The van der Waals surface area contributed by atoms with Crippen molar-refractivity contribution in [1.82, 2.24) is 9.88 Å². The molecule has 0 saturated carbocycles. The zero-order chi connectivity index (χ0) is 16.8. The van der Waals surface area contributed by atoms with Gasteiger partial charge in [0.2, 0.25) is 0 Å². The number of benzene rings is 1. The number of nitrogens with zero attached hydrogens (tertiary/aromatic N) is 2. The van der Waals surface area contributed by atoms with Crippen LogP contribution in [-0.2, 0) is 6.42 Å². The first-order chi connectivity index (χ1) is 11.8. The fraction of sp³-hybridized carbons (Fsp3) is 0.158. The molecule has 2 heterocycles. The lowest BCUT2D eigenvalue weighted by Crippen LogP contribution is -2.32. The van der Waals surface area contributed by atoms with Gasteiger partial charge in [0.05, 0.1) is 11.1 Å². The molecule has 0 unspecified atom stereocenters. The third-order valence-corrected chi connectivity index (χ3v) is 5.62. The summed E-state index contributed by atoms with van der Waals surface area (Å²) in [5.74, 6) is 0.0196. The molecule has 24 heavy (non-hydrogen) atoms. The summed E-state index contributed by atoms with van der Waals surface area (Å²) in [6, 6.07) is 14.2. The van der Waals surface area contributed by atoms with Gasteiger partial charge in [-0.15, -0.1) is 29.3 Å². The number of aromatic nitrogens is 1. The van der Waals surface area contributed by atoms with Gasteiger partial charge < -0.3 is 4.90 Å². The molecule has 1 aromatic carbocycles. The Balaban J connectivity index is 1.71. The summed E-state index contributed by atoms with van der Waals surface area (Å²) in [7, 11) is 0. The van der Waals surface area contributed by atoms with Crippen LogP contribution in [0.1, 0.15) is 15.2 Å². The molecule has 3 nitrogen and oxygen atoms in total. The van der Waals surface area contributed by atoms with Gasteiger partial charge in [-0.2, -0.15) is 0 Å². The van der Waals surface area contributed by atoms with Gasteiger partial charge in [0, 0.05) is 13.1 Å². The van der Waals surface area contributed by atoms with E-state index in [0.717, 1.165) is 16.3 Å². The SMILES string of the molecule is C=CCN(CCc1ccccc1)C(=O)c1cnc(-c2cccs2)s1. The predicted octanol–water partition coefficient (Wildman–Crippen LogP) is 4.74. The maximum absolute atomic E-state index is 12.8. The van der Waals surface area contributed by atoms with Crippen molar-refractivity contribution in [3.8, 4) is 9.88 Å². The van der Waals surface area contributed by atoms with Crippen LogP contribution in [0.5, 0.6) is 0 Å². The monoisotopic (exact) mass is 354 g/mol. The molecule has 1 amide bonds. The summed E-state index contributed by atoms with van der Waals surface area (Å²) in [5, 5.41) is 2.91. The number of carbonyl (C=O) groups is 1. The van der Waals surface area contributed by atoms with Crippen LogP contribution in [0.4, 0.5) is 0 Å². The van der Waals surface area contributed by atoms with Crippen molar-refractivity contribution in [3.05, 3.63) is 77.1 Å². The van der Waals surface area contributed by atoms with E-state index in [1.54, 1.807) is 23.6 Å². The Morgan fingerprint density at radius 2 is 2.04 bits per heavy atom. The van der Waals surface area contributed by atoms with Gasteiger partial charge in [0.25, 0.3) is 5.91 Å². The zero-order valence-corrected chi connectivity index (χ0v) is 14.9. The first kappa shape index (κ1) is 16.6. The molecule has 0 bridgehead atoms.